The van der Waals surface area contributed by atoms with E-state index in [-0.39, 0.29) is 0 Å². The number of nitrogens with one attached hydrogen (secondary N) is 1. The lowest BCUT2D eigenvalue weighted by Gasteiger charge is -2.37. The average molecular weight is 227 g/mol. The van der Waals surface area contributed by atoms with Crippen LogP contribution in [0.25, 0.3) is 0 Å². The molecule has 0 aromatic heterocycles. The molecular weight excluding hydrogens is 194 g/mol. The van der Waals surface area contributed by atoms with Crippen LogP contribution in [-0.4, -0.2) is 13.1 Å². The highest BCUT2D eigenvalue weighted by Gasteiger charge is 2.30. The predicted molar refractivity (Wildman–Crippen MR) is 74.8 cm³/mol. The molecule has 0 aromatic rings. The summed E-state index contributed by atoms with van der Waals surface area (Å²) in [5.74, 6) is 1.62. The van der Waals surface area contributed by atoms with Crippen molar-refractivity contribution in [2.45, 2.75) is 67.2 Å². The van der Waals surface area contributed by atoms with Crippen LogP contribution in [0.5, 0.6) is 0 Å². The molecule has 0 amide bonds. The van der Waals surface area contributed by atoms with Gasteiger partial charge >= 0.3 is 0 Å². The topological polar surface area (TPSA) is 12.0 Å². The summed E-state index contributed by atoms with van der Waals surface area (Å²) in [6.45, 7) is 16.4. The first kappa shape index (κ1) is 16.0. The average Bonchev–Trinajstić information content (AvgIpc) is 2.19. The SMILES string of the molecule is CCCC(C)(CNCC(C)C)C(CC)CC. The Balaban J connectivity index is 4.30. The van der Waals surface area contributed by atoms with E-state index < -0.39 is 0 Å². The molecular formula is C15H33N. The third-order valence-electron chi connectivity index (χ3n) is 3.87. The standard InChI is InChI=1S/C15H33N/c1-7-10-15(6,14(8-2)9-3)12-16-11-13(4)5/h13-14,16H,7-12H2,1-6H3. The fourth-order valence-corrected chi connectivity index (χ4v) is 2.93. The van der Waals surface area contributed by atoms with E-state index in [1.54, 1.807) is 0 Å². The molecule has 0 saturated heterocycles. The van der Waals surface area contributed by atoms with E-state index in [0.717, 1.165) is 18.4 Å². The Hall–Kier alpha value is -0.0400. The highest BCUT2D eigenvalue weighted by atomic mass is 14.9. The first-order valence-electron chi connectivity index (χ1n) is 7.20. The minimum atomic E-state index is 0.493. The third-order valence-corrected chi connectivity index (χ3v) is 3.87. The summed E-state index contributed by atoms with van der Waals surface area (Å²) in [7, 11) is 0. The first-order chi connectivity index (χ1) is 7.50. The molecule has 0 heterocycles. The summed E-state index contributed by atoms with van der Waals surface area (Å²) >= 11 is 0. The molecule has 1 unspecified atom stereocenters. The lowest BCUT2D eigenvalue weighted by atomic mass is 9.71. The summed E-state index contributed by atoms with van der Waals surface area (Å²) in [6.07, 6.45) is 5.29. The van der Waals surface area contributed by atoms with Crippen LogP contribution in [0, 0.1) is 17.3 Å². The lowest BCUT2D eigenvalue weighted by Crippen LogP contribution is -2.39. The van der Waals surface area contributed by atoms with Crippen LogP contribution in [0.2, 0.25) is 0 Å². The van der Waals surface area contributed by atoms with Crippen molar-refractivity contribution in [1.29, 1.82) is 0 Å². The molecule has 0 aromatic carbocycles. The van der Waals surface area contributed by atoms with Gasteiger partial charge in [0.1, 0.15) is 0 Å². The lowest BCUT2D eigenvalue weighted by molar-refractivity contribution is 0.149. The van der Waals surface area contributed by atoms with Crippen molar-refractivity contribution >= 4 is 0 Å². The van der Waals surface area contributed by atoms with Crippen molar-refractivity contribution in [2.75, 3.05) is 13.1 Å². The Morgan fingerprint density at radius 3 is 2.00 bits per heavy atom. The minimum absolute atomic E-state index is 0.493. The molecule has 1 N–H and O–H groups in total. The van der Waals surface area contributed by atoms with Gasteiger partial charge < -0.3 is 5.32 Å². The van der Waals surface area contributed by atoms with Crippen molar-refractivity contribution in [3.05, 3.63) is 0 Å². The number of rotatable bonds is 9. The van der Waals surface area contributed by atoms with Crippen LogP contribution in [-0.2, 0) is 0 Å². The highest BCUT2D eigenvalue weighted by Crippen LogP contribution is 2.36. The molecule has 0 aliphatic heterocycles. The van der Waals surface area contributed by atoms with Gasteiger partial charge in [-0.25, -0.2) is 0 Å². The molecule has 0 radical (unpaired) electrons. The first-order valence-corrected chi connectivity index (χ1v) is 7.20. The van der Waals surface area contributed by atoms with Crippen LogP contribution < -0.4 is 5.32 Å². The normalized spacial score (nSPS) is 15.8. The van der Waals surface area contributed by atoms with E-state index in [4.69, 9.17) is 0 Å². The second-order valence-corrected chi connectivity index (χ2v) is 5.94. The van der Waals surface area contributed by atoms with Gasteiger partial charge in [-0.15, -0.1) is 0 Å². The van der Waals surface area contributed by atoms with Crippen LogP contribution in [0.3, 0.4) is 0 Å². The van der Waals surface area contributed by atoms with Gasteiger partial charge in [0, 0.05) is 6.54 Å². The molecule has 16 heavy (non-hydrogen) atoms. The van der Waals surface area contributed by atoms with Gasteiger partial charge in [0.2, 0.25) is 0 Å². The predicted octanol–water partition coefficient (Wildman–Crippen LogP) is 4.47. The number of hydrogen-bond acceptors (Lipinski definition) is 1. The fourth-order valence-electron chi connectivity index (χ4n) is 2.93. The van der Waals surface area contributed by atoms with Crippen molar-refractivity contribution in [3.8, 4) is 0 Å². The van der Waals surface area contributed by atoms with E-state index in [1.807, 2.05) is 0 Å². The Morgan fingerprint density at radius 2 is 1.62 bits per heavy atom. The van der Waals surface area contributed by atoms with Crippen LogP contribution in [0.1, 0.15) is 67.2 Å². The van der Waals surface area contributed by atoms with E-state index >= 15 is 0 Å². The monoisotopic (exact) mass is 227 g/mol. The van der Waals surface area contributed by atoms with E-state index in [1.165, 1.54) is 32.2 Å². The number of hydrogen-bond donors (Lipinski definition) is 1. The maximum absolute atomic E-state index is 3.66. The molecule has 0 rings (SSSR count). The summed E-state index contributed by atoms with van der Waals surface area (Å²) in [5.41, 5.74) is 0.493. The van der Waals surface area contributed by atoms with Gasteiger partial charge in [-0.2, -0.15) is 0 Å². The van der Waals surface area contributed by atoms with Gasteiger partial charge in [-0.3, -0.25) is 0 Å². The van der Waals surface area contributed by atoms with Crippen LogP contribution >= 0.6 is 0 Å². The largest absolute Gasteiger partial charge is 0.316 e. The van der Waals surface area contributed by atoms with Gasteiger partial charge in [-0.05, 0) is 30.2 Å². The van der Waals surface area contributed by atoms with Gasteiger partial charge in [0.25, 0.3) is 0 Å². The Kier molecular flexibility index (Phi) is 8.09. The molecule has 0 bridgehead atoms. The molecule has 0 aliphatic rings. The van der Waals surface area contributed by atoms with Crippen LogP contribution in [0.15, 0.2) is 0 Å². The maximum atomic E-state index is 3.66. The Labute approximate surface area is 103 Å². The summed E-state index contributed by atoms with van der Waals surface area (Å²) in [4.78, 5) is 0. The second-order valence-electron chi connectivity index (χ2n) is 5.94. The quantitative estimate of drug-likeness (QED) is 0.612. The van der Waals surface area contributed by atoms with Crippen molar-refractivity contribution < 1.29 is 0 Å². The van der Waals surface area contributed by atoms with Crippen molar-refractivity contribution in [1.82, 2.24) is 5.32 Å². The summed E-state index contributed by atoms with van der Waals surface area (Å²) in [5, 5.41) is 3.66. The third kappa shape index (κ3) is 5.34. The Bertz CT molecular complexity index is 161. The molecule has 1 nitrogen and oxygen atoms in total. The van der Waals surface area contributed by atoms with E-state index in [2.05, 4.69) is 46.9 Å². The molecule has 0 spiro atoms. The maximum Gasteiger partial charge on any atom is 0.000792 e. The summed E-state index contributed by atoms with van der Waals surface area (Å²) in [6, 6.07) is 0. The zero-order valence-corrected chi connectivity index (χ0v) is 12.4. The van der Waals surface area contributed by atoms with Gasteiger partial charge in [-0.1, -0.05) is 60.8 Å². The molecule has 0 saturated carbocycles. The summed E-state index contributed by atoms with van der Waals surface area (Å²) < 4.78 is 0. The minimum Gasteiger partial charge on any atom is -0.316 e. The van der Waals surface area contributed by atoms with Gasteiger partial charge in [0.15, 0.2) is 0 Å². The van der Waals surface area contributed by atoms with Crippen LogP contribution in [0.4, 0.5) is 0 Å². The van der Waals surface area contributed by atoms with Crippen molar-refractivity contribution in [3.63, 3.8) is 0 Å². The molecule has 98 valence electrons. The molecule has 0 fully saturated rings. The molecule has 0 aliphatic carbocycles. The Morgan fingerprint density at radius 1 is 1.06 bits per heavy atom. The van der Waals surface area contributed by atoms with Gasteiger partial charge in [0.05, 0.1) is 0 Å². The zero-order chi connectivity index (χ0) is 12.6. The van der Waals surface area contributed by atoms with E-state index in [0.29, 0.717) is 5.41 Å². The fraction of sp³-hybridized carbons (Fsp3) is 1.00. The highest BCUT2D eigenvalue weighted by molar-refractivity contribution is 4.83. The van der Waals surface area contributed by atoms with Crippen molar-refractivity contribution in [2.24, 2.45) is 17.3 Å². The smallest absolute Gasteiger partial charge is 0.000792 e. The zero-order valence-electron chi connectivity index (χ0n) is 12.4. The molecule has 1 atom stereocenters. The molecule has 1 heteroatoms. The van der Waals surface area contributed by atoms with E-state index in [9.17, 15) is 0 Å². The second kappa shape index (κ2) is 8.11.